The molecule has 0 saturated carbocycles. The molecule has 0 aliphatic rings. The predicted molar refractivity (Wildman–Crippen MR) is 66.4 cm³/mol. The molecule has 0 aliphatic carbocycles. The SMILES string of the molecule is CCOS(=O)(=O)CC(C)(O)c1ccc(Cl)cc1. The van der Waals surface area contributed by atoms with E-state index in [9.17, 15) is 13.5 Å². The Balaban J connectivity index is 2.92. The van der Waals surface area contributed by atoms with E-state index in [1.54, 1.807) is 31.2 Å². The minimum Gasteiger partial charge on any atom is -0.384 e. The van der Waals surface area contributed by atoms with Crippen molar-refractivity contribution in [2.75, 3.05) is 12.4 Å². The van der Waals surface area contributed by atoms with Gasteiger partial charge >= 0.3 is 0 Å². The zero-order valence-corrected chi connectivity index (χ0v) is 11.3. The predicted octanol–water partition coefficient (Wildman–Crippen LogP) is 1.91. The third-order valence-electron chi connectivity index (χ3n) is 2.22. The molecule has 0 aliphatic heterocycles. The largest absolute Gasteiger partial charge is 0.384 e. The van der Waals surface area contributed by atoms with Crippen LogP contribution in [0.4, 0.5) is 0 Å². The van der Waals surface area contributed by atoms with Crippen LogP contribution in [0.15, 0.2) is 24.3 Å². The van der Waals surface area contributed by atoms with Crippen molar-refractivity contribution in [3.63, 3.8) is 0 Å². The Morgan fingerprint density at radius 1 is 1.35 bits per heavy atom. The van der Waals surface area contributed by atoms with Gasteiger partial charge < -0.3 is 5.11 Å². The Morgan fingerprint density at radius 3 is 2.35 bits per heavy atom. The summed E-state index contributed by atoms with van der Waals surface area (Å²) in [5.74, 6) is -0.491. The molecular weight excluding hydrogens is 264 g/mol. The van der Waals surface area contributed by atoms with E-state index in [-0.39, 0.29) is 6.61 Å². The summed E-state index contributed by atoms with van der Waals surface area (Å²) in [6.45, 7) is 3.06. The van der Waals surface area contributed by atoms with E-state index in [1.807, 2.05) is 0 Å². The molecule has 0 aromatic heterocycles. The topological polar surface area (TPSA) is 63.6 Å². The van der Waals surface area contributed by atoms with Crippen molar-refractivity contribution in [2.24, 2.45) is 0 Å². The van der Waals surface area contributed by atoms with Gasteiger partial charge in [-0.05, 0) is 31.5 Å². The summed E-state index contributed by atoms with van der Waals surface area (Å²) in [6, 6.07) is 6.37. The van der Waals surface area contributed by atoms with Gasteiger partial charge in [-0.25, -0.2) is 0 Å². The summed E-state index contributed by atoms with van der Waals surface area (Å²) in [4.78, 5) is 0. The number of halogens is 1. The fraction of sp³-hybridized carbons (Fsp3) is 0.455. The first-order valence-electron chi connectivity index (χ1n) is 5.12. The van der Waals surface area contributed by atoms with E-state index in [0.29, 0.717) is 10.6 Å². The van der Waals surface area contributed by atoms with E-state index < -0.39 is 21.5 Å². The number of hydrogen-bond acceptors (Lipinski definition) is 4. The molecule has 0 heterocycles. The molecule has 0 radical (unpaired) electrons. The maximum Gasteiger partial charge on any atom is 0.270 e. The number of rotatable bonds is 5. The molecule has 0 fully saturated rings. The molecule has 0 spiro atoms. The van der Waals surface area contributed by atoms with E-state index in [1.165, 1.54) is 6.92 Å². The summed E-state index contributed by atoms with van der Waals surface area (Å²) in [5.41, 5.74) is -1.02. The Bertz CT molecular complexity index is 465. The van der Waals surface area contributed by atoms with Gasteiger partial charge in [-0.2, -0.15) is 8.42 Å². The first-order valence-corrected chi connectivity index (χ1v) is 7.08. The molecule has 1 aromatic rings. The van der Waals surface area contributed by atoms with Crippen LogP contribution in [-0.4, -0.2) is 25.9 Å². The molecule has 1 rings (SSSR count). The highest BCUT2D eigenvalue weighted by atomic mass is 35.5. The lowest BCUT2D eigenvalue weighted by atomic mass is 9.99. The molecule has 1 aromatic carbocycles. The van der Waals surface area contributed by atoms with Crippen molar-refractivity contribution < 1.29 is 17.7 Å². The van der Waals surface area contributed by atoms with Crippen LogP contribution in [0.3, 0.4) is 0 Å². The Morgan fingerprint density at radius 2 is 1.88 bits per heavy atom. The van der Waals surface area contributed by atoms with Crippen LogP contribution in [-0.2, 0) is 19.9 Å². The minimum absolute atomic E-state index is 0.0546. The van der Waals surface area contributed by atoms with E-state index >= 15 is 0 Å². The van der Waals surface area contributed by atoms with Gasteiger partial charge in [0.1, 0.15) is 11.4 Å². The van der Waals surface area contributed by atoms with Crippen molar-refractivity contribution in [1.29, 1.82) is 0 Å². The van der Waals surface area contributed by atoms with E-state index in [4.69, 9.17) is 11.6 Å². The smallest absolute Gasteiger partial charge is 0.270 e. The molecule has 1 N–H and O–H groups in total. The third-order valence-corrected chi connectivity index (χ3v) is 3.98. The normalized spacial score (nSPS) is 15.5. The van der Waals surface area contributed by atoms with Crippen LogP contribution in [0.5, 0.6) is 0 Å². The standard InChI is InChI=1S/C11H15ClO4S/c1-3-16-17(14,15)8-11(2,13)9-4-6-10(12)7-5-9/h4-7,13H,3,8H2,1-2H3. The highest BCUT2D eigenvalue weighted by molar-refractivity contribution is 7.86. The molecule has 0 saturated heterocycles. The van der Waals surface area contributed by atoms with Crippen molar-refractivity contribution in [1.82, 2.24) is 0 Å². The van der Waals surface area contributed by atoms with E-state index in [0.717, 1.165) is 0 Å². The summed E-state index contributed by atoms with van der Waals surface area (Å²) in [7, 11) is -3.73. The first kappa shape index (κ1) is 14.4. The number of aliphatic hydroxyl groups is 1. The summed E-state index contributed by atoms with van der Waals surface area (Å²) in [6.07, 6.45) is 0. The monoisotopic (exact) mass is 278 g/mol. The molecule has 1 atom stereocenters. The Labute approximate surface area is 106 Å². The molecule has 6 heteroatoms. The highest BCUT2D eigenvalue weighted by Gasteiger charge is 2.30. The Kier molecular flexibility index (Phi) is 4.55. The first-order chi connectivity index (χ1) is 7.77. The maximum atomic E-state index is 11.5. The highest BCUT2D eigenvalue weighted by Crippen LogP contribution is 2.24. The van der Waals surface area contributed by atoms with Crippen molar-refractivity contribution >= 4 is 21.7 Å². The molecule has 96 valence electrons. The average Bonchev–Trinajstić information content (AvgIpc) is 2.16. The van der Waals surface area contributed by atoms with E-state index in [2.05, 4.69) is 4.18 Å². The van der Waals surface area contributed by atoms with Gasteiger partial charge in [0.2, 0.25) is 0 Å². The number of benzene rings is 1. The molecule has 4 nitrogen and oxygen atoms in total. The van der Waals surface area contributed by atoms with Crippen LogP contribution in [0, 0.1) is 0 Å². The molecule has 1 unspecified atom stereocenters. The fourth-order valence-corrected chi connectivity index (χ4v) is 2.88. The molecule has 0 bridgehead atoms. The van der Waals surface area contributed by atoms with Crippen LogP contribution in [0.25, 0.3) is 0 Å². The zero-order chi connectivity index (χ0) is 13.1. The second-order valence-corrected chi connectivity index (χ2v) is 5.97. The van der Waals surface area contributed by atoms with Gasteiger partial charge in [0.15, 0.2) is 0 Å². The van der Waals surface area contributed by atoms with Crippen molar-refractivity contribution in [3.05, 3.63) is 34.9 Å². The Hall–Kier alpha value is -0.620. The summed E-state index contributed by atoms with van der Waals surface area (Å²) < 4.78 is 27.6. The fourth-order valence-electron chi connectivity index (χ4n) is 1.46. The van der Waals surface area contributed by atoms with Crippen LogP contribution < -0.4 is 0 Å². The number of hydrogen-bond donors (Lipinski definition) is 1. The van der Waals surface area contributed by atoms with Gasteiger partial charge in [0.05, 0.1) is 6.61 Å². The molecule has 17 heavy (non-hydrogen) atoms. The molecule has 0 amide bonds. The zero-order valence-electron chi connectivity index (χ0n) is 9.68. The lowest BCUT2D eigenvalue weighted by Crippen LogP contribution is -2.32. The second kappa shape index (κ2) is 5.35. The maximum absolute atomic E-state index is 11.5. The average molecular weight is 279 g/mol. The minimum atomic E-state index is -3.73. The van der Waals surface area contributed by atoms with Gasteiger partial charge in [0, 0.05) is 5.02 Å². The molecular formula is C11H15ClO4S. The van der Waals surface area contributed by atoms with Gasteiger partial charge in [-0.1, -0.05) is 23.7 Å². The second-order valence-electron chi connectivity index (χ2n) is 3.89. The lowest BCUT2D eigenvalue weighted by Gasteiger charge is -2.23. The van der Waals surface area contributed by atoms with Crippen LogP contribution in [0.2, 0.25) is 5.02 Å². The van der Waals surface area contributed by atoms with Crippen LogP contribution >= 0.6 is 11.6 Å². The summed E-state index contributed by atoms with van der Waals surface area (Å²) in [5, 5.41) is 10.7. The summed E-state index contributed by atoms with van der Waals surface area (Å²) >= 11 is 5.72. The lowest BCUT2D eigenvalue weighted by molar-refractivity contribution is 0.0791. The quantitative estimate of drug-likeness (QED) is 0.836. The van der Waals surface area contributed by atoms with Crippen LogP contribution in [0.1, 0.15) is 19.4 Å². The van der Waals surface area contributed by atoms with Gasteiger partial charge in [0.25, 0.3) is 10.1 Å². The van der Waals surface area contributed by atoms with Gasteiger partial charge in [-0.3, -0.25) is 4.18 Å². The third kappa shape index (κ3) is 4.27. The van der Waals surface area contributed by atoms with Crippen molar-refractivity contribution in [3.8, 4) is 0 Å². The van der Waals surface area contributed by atoms with Gasteiger partial charge in [-0.15, -0.1) is 0 Å². The van der Waals surface area contributed by atoms with Crippen molar-refractivity contribution in [2.45, 2.75) is 19.4 Å².